The number of carbonyl (C=O) groups is 1. The van der Waals surface area contributed by atoms with Crippen LogP contribution < -0.4 is 14.8 Å². The number of rotatable bonds is 7. The molecule has 0 unspecified atom stereocenters. The first-order valence-electron chi connectivity index (χ1n) is 9.58. The van der Waals surface area contributed by atoms with Crippen LogP contribution in [0.4, 0.5) is 0 Å². The Morgan fingerprint density at radius 3 is 2.59 bits per heavy atom. The molecule has 29 heavy (non-hydrogen) atoms. The number of halogens is 1. The van der Waals surface area contributed by atoms with Gasteiger partial charge in [-0.1, -0.05) is 34.1 Å². The number of hydrogen-bond acceptors (Lipinski definition) is 4. The molecule has 1 fully saturated rings. The average molecular weight is 460 g/mol. The first kappa shape index (κ1) is 21.4. The van der Waals surface area contributed by atoms with Crippen molar-refractivity contribution in [3.63, 3.8) is 0 Å². The smallest absolute Gasteiger partial charge is 0.244 e. The van der Waals surface area contributed by atoms with Crippen molar-refractivity contribution in [3.8, 4) is 11.5 Å². The van der Waals surface area contributed by atoms with E-state index < -0.39 is 0 Å². The molecule has 0 saturated carbocycles. The molecule has 0 radical (unpaired) electrons. The van der Waals surface area contributed by atoms with Crippen molar-refractivity contribution in [3.05, 3.63) is 64.1 Å². The summed E-state index contributed by atoms with van der Waals surface area (Å²) in [6.45, 7) is 1.97. The fourth-order valence-corrected chi connectivity index (χ4v) is 3.99. The average Bonchev–Trinajstić information content (AvgIpc) is 2.76. The number of ether oxygens (including phenoxy) is 3. The van der Waals surface area contributed by atoms with E-state index in [-0.39, 0.29) is 11.3 Å². The minimum absolute atomic E-state index is 0.116. The fourth-order valence-electron chi connectivity index (χ4n) is 3.59. The van der Waals surface area contributed by atoms with E-state index in [1.54, 1.807) is 26.4 Å². The van der Waals surface area contributed by atoms with Gasteiger partial charge >= 0.3 is 0 Å². The number of carbonyl (C=O) groups excluding carboxylic acids is 1. The Kier molecular flexibility index (Phi) is 7.34. The highest BCUT2D eigenvalue weighted by atomic mass is 79.9. The Bertz CT molecular complexity index is 875. The molecular weight excluding hydrogens is 434 g/mol. The molecule has 1 saturated heterocycles. The van der Waals surface area contributed by atoms with E-state index in [0.717, 1.165) is 22.9 Å². The zero-order chi connectivity index (χ0) is 20.7. The Morgan fingerprint density at radius 1 is 1.14 bits per heavy atom. The monoisotopic (exact) mass is 459 g/mol. The molecule has 0 aromatic heterocycles. The minimum atomic E-state index is -0.124. The lowest BCUT2D eigenvalue weighted by Gasteiger charge is -2.38. The molecule has 0 aliphatic carbocycles. The normalized spacial score (nSPS) is 15.8. The Morgan fingerprint density at radius 2 is 1.90 bits per heavy atom. The van der Waals surface area contributed by atoms with Gasteiger partial charge in [0.05, 0.1) is 14.2 Å². The summed E-state index contributed by atoms with van der Waals surface area (Å²) in [5, 5.41) is 3.08. The molecule has 0 bridgehead atoms. The van der Waals surface area contributed by atoms with Crippen LogP contribution in [0.3, 0.4) is 0 Å². The van der Waals surface area contributed by atoms with Crippen LogP contribution >= 0.6 is 15.9 Å². The van der Waals surface area contributed by atoms with Crippen molar-refractivity contribution < 1.29 is 19.0 Å². The summed E-state index contributed by atoms with van der Waals surface area (Å²) in [6.07, 6.45) is 5.08. The number of nitrogens with one attached hydrogen (secondary N) is 1. The highest BCUT2D eigenvalue weighted by Gasteiger charge is 2.34. The Hall–Kier alpha value is -2.31. The van der Waals surface area contributed by atoms with Gasteiger partial charge in [-0.15, -0.1) is 0 Å². The van der Waals surface area contributed by atoms with E-state index in [0.29, 0.717) is 31.3 Å². The Balaban J connectivity index is 1.68. The maximum absolute atomic E-state index is 12.5. The van der Waals surface area contributed by atoms with E-state index in [1.165, 1.54) is 5.56 Å². The fraction of sp³-hybridized carbons (Fsp3) is 0.348. The van der Waals surface area contributed by atoms with Crippen LogP contribution in [0.15, 0.2) is 53.0 Å². The lowest BCUT2D eigenvalue weighted by molar-refractivity contribution is -0.116. The van der Waals surface area contributed by atoms with Crippen molar-refractivity contribution in [1.82, 2.24) is 5.32 Å². The van der Waals surface area contributed by atoms with E-state index in [1.807, 2.05) is 30.3 Å². The molecule has 2 aromatic rings. The van der Waals surface area contributed by atoms with E-state index in [9.17, 15) is 4.79 Å². The third-order valence-electron chi connectivity index (χ3n) is 5.32. The maximum atomic E-state index is 12.5. The molecular formula is C23H26BrNO4. The summed E-state index contributed by atoms with van der Waals surface area (Å²) in [5.41, 5.74) is 1.97. The second-order valence-electron chi connectivity index (χ2n) is 7.07. The van der Waals surface area contributed by atoms with Crippen molar-refractivity contribution in [2.75, 3.05) is 34.0 Å². The molecule has 1 N–H and O–H groups in total. The number of amides is 1. The van der Waals surface area contributed by atoms with Crippen LogP contribution in [-0.2, 0) is 14.9 Å². The zero-order valence-electron chi connectivity index (χ0n) is 16.7. The van der Waals surface area contributed by atoms with Gasteiger partial charge in [0.15, 0.2) is 11.5 Å². The third kappa shape index (κ3) is 5.40. The van der Waals surface area contributed by atoms with E-state index in [2.05, 4.69) is 33.4 Å². The number of benzene rings is 2. The van der Waals surface area contributed by atoms with Gasteiger partial charge in [0.25, 0.3) is 0 Å². The largest absolute Gasteiger partial charge is 0.493 e. The van der Waals surface area contributed by atoms with Crippen molar-refractivity contribution in [1.29, 1.82) is 0 Å². The molecule has 154 valence electrons. The Labute approximate surface area is 180 Å². The van der Waals surface area contributed by atoms with Gasteiger partial charge in [-0.25, -0.2) is 0 Å². The maximum Gasteiger partial charge on any atom is 0.244 e. The summed E-state index contributed by atoms with van der Waals surface area (Å²) in [6, 6.07) is 13.9. The molecule has 1 heterocycles. The molecule has 0 atom stereocenters. The van der Waals surface area contributed by atoms with Gasteiger partial charge in [0.1, 0.15) is 0 Å². The molecule has 3 rings (SSSR count). The summed E-state index contributed by atoms with van der Waals surface area (Å²) in [5.74, 6) is 1.16. The minimum Gasteiger partial charge on any atom is -0.493 e. The van der Waals surface area contributed by atoms with Gasteiger partial charge in [0.2, 0.25) is 5.91 Å². The van der Waals surface area contributed by atoms with E-state index in [4.69, 9.17) is 14.2 Å². The summed E-state index contributed by atoms with van der Waals surface area (Å²) in [4.78, 5) is 12.5. The second kappa shape index (κ2) is 9.94. The molecule has 2 aromatic carbocycles. The van der Waals surface area contributed by atoms with Crippen molar-refractivity contribution in [2.24, 2.45) is 0 Å². The van der Waals surface area contributed by atoms with Crippen molar-refractivity contribution in [2.45, 2.75) is 18.3 Å². The first-order valence-corrected chi connectivity index (χ1v) is 10.4. The lowest BCUT2D eigenvalue weighted by atomic mass is 9.74. The molecule has 1 amide bonds. The van der Waals surface area contributed by atoms with Crippen LogP contribution in [0.5, 0.6) is 11.5 Å². The van der Waals surface area contributed by atoms with Gasteiger partial charge in [-0.3, -0.25) is 4.79 Å². The third-order valence-corrected chi connectivity index (χ3v) is 5.82. The molecule has 0 spiro atoms. The highest BCUT2D eigenvalue weighted by Crippen LogP contribution is 2.35. The van der Waals surface area contributed by atoms with Gasteiger partial charge in [-0.05, 0) is 54.3 Å². The molecule has 6 heteroatoms. The zero-order valence-corrected chi connectivity index (χ0v) is 18.3. The summed E-state index contributed by atoms with van der Waals surface area (Å²) < 4.78 is 17.2. The topological polar surface area (TPSA) is 56.8 Å². The lowest BCUT2D eigenvalue weighted by Crippen LogP contribution is -2.44. The summed E-state index contributed by atoms with van der Waals surface area (Å²) >= 11 is 3.56. The van der Waals surface area contributed by atoms with Crippen LogP contribution in [-0.4, -0.2) is 39.9 Å². The molecule has 1 aliphatic heterocycles. The van der Waals surface area contributed by atoms with E-state index >= 15 is 0 Å². The SMILES string of the molecule is COc1ccc(C=CC(=O)NCC2(c3cccc(Br)c3)CCOCC2)cc1OC. The predicted molar refractivity (Wildman–Crippen MR) is 117 cm³/mol. The van der Waals surface area contributed by atoms with Crippen LogP contribution in [0.2, 0.25) is 0 Å². The quantitative estimate of drug-likeness (QED) is 0.625. The highest BCUT2D eigenvalue weighted by molar-refractivity contribution is 9.10. The van der Waals surface area contributed by atoms with Gasteiger partial charge < -0.3 is 19.5 Å². The summed E-state index contributed by atoms with van der Waals surface area (Å²) in [7, 11) is 3.19. The van der Waals surface area contributed by atoms with Gasteiger partial charge in [-0.2, -0.15) is 0 Å². The second-order valence-corrected chi connectivity index (χ2v) is 7.98. The van der Waals surface area contributed by atoms with Crippen LogP contribution in [0, 0.1) is 0 Å². The molecule has 5 nitrogen and oxygen atoms in total. The van der Waals surface area contributed by atoms with Crippen LogP contribution in [0.25, 0.3) is 6.08 Å². The number of hydrogen-bond donors (Lipinski definition) is 1. The standard InChI is InChI=1S/C23H26BrNO4/c1-27-20-8-6-17(14-21(20)28-2)7-9-22(26)25-16-23(10-12-29-13-11-23)18-4-3-5-19(24)15-18/h3-9,14-15H,10-13,16H2,1-2H3,(H,25,26). The van der Waals surface area contributed by atoms with Crippen molar-refractivity contribution >= 4 is 27.9 Å². The van der Waals surface area contributed by atoms with Crippen LogP contribution in [0.1, 0.15) is 24.0 Å². The molecule has 1 aliphatic rings. The number of methoxy groups -OCH3 is 2. The first-order chi connectivity index (χ1) is 14.1. The van der Waals surface area contributed by atoms with Gasteiger partial charge in [0, 0.05) is 35.7 Å². The predicted octanol–water partition coefficient (Wildman–Crippen LogP) is 4.34.